The molecule has 9 heteroatoms. The Morgan fingerprint density at radius 2 is 2.23 bits per heavy atom. The number of aliphatic carboxylic acids is 1. The SMILES string of the molecule is COc1cccc([C@@H]2CN(C(=O)CSc3n[nH]c(C)n3)C[C@H]2C(=O)O)c1. The third-order valence-electron chi connectivity index (χ3n) is 4.41. The van der Waals surface area contributed by atoms with Gasteiger partial charge in [-0.3, -0.25) is 14.7 Å². The molecule has 0 spiro atoms. The minimum absolute atomic E-state index is 0.117. The number of H-pyrrole nitrogens is 1. The highest BCUT2D eigenvalue weighted by Crippen LogP contribution is 2.34. The largest absolute Gasteiger partial charge is 0.497 e. The van der Waals surface area contributed by atoms with Gasteiger partial charge in [0.2, 0.25) is 11.1 Å². The molecule has 1 aliphatic rings. The summed E-state index contributed by atoms with van der Waals surface area (Å²) >= 11 is 1.24. The molecule has 0 bridgehead atoms. The van der Waals surface area contributed by atoms with Gasteiger partial charge in [-0.15, -0.1) is 5.10 Å². The van der Waals surface area contributed by atoms with Crippen LogP contribution in [0, 0.1) is 12.8 Å². The van der Waals surface area contributed by atoms with Crippen molar-refractivity contribution in [2.45, 2.75) is 18.0 Å². The first kappa shape index (κ1) is 18.2. The summed E-state index contributed by atoms with van der Waals surface area (Å²) in [6.45, 7) is 2.36. The van der Waals surface area contributed by atoms with Crippen molar-refractivity contribution < 1.29 is 19.4 Å². The van der Waals surface area contributed by atoms with Crippen molar-refractivity contribution in [3.05, 3.63) is 35.7 Å². The Balaban J connectivity index is 1.69. The molecule has 8 nitrogen and oxygen atoms in total. The van der Waals surface area contributed by atoms with Crippen LogP contribution in [0.4, 0.5) is 0 Å². The van der Waals surface area contributed by atoms with Gasteiger partial charge in [0.15, 0.2) is 0 Å². The average molecular weight is 376 g/mol. The van der Waals surface area contributed by atoms with Crippen molar-refractivity contribution in [2.75, 3.05) is 26.0 Å². The summed E-state index contributed by atoms with van der Waals surface area (Å²) in [5, 5.41) is 16.8. The number of methoxy groups -OCH3 is 1. The molecule has 0 aliphatic carbocycles. The van der Waals surface area contributed by atoms with Crippen LogP contribution >= 0.6 is 11.8 Å². The lowest BCUT2D eigenvalue weighted by Gasteiger charge is -2.16. The second-order valence-electron chi connectivity index (χ2n) is 6.12. The molecule has 1 aliphatic heterocycles. The van der Waals surface area contributed by atoms with Crippen LogP contribution in [-0.4, -0.2) is 63.0 Å². The van der Waals surface area contributed by atoms with Crippen LogP contribution in [0.15, 0.2) is 29.4 Å². The molecule has 26 heavy (non-hydrogen) atoms. The first-order valence-electron chi connectivity index (χ1n) is 8.14. The summed E-state index contributed by atoms with van der Waals surface area (Å²) in [4.78, 5) is 30.0. The number of hydrogen-bond acceptors (Lipinski definition) is 6. The maximum atomic E-state index is 12.5. The predicted octanol–water partition coefficient (Wildman–Crippen LogP) is 1.54. The number of nitrogens with one attached hydrogen (secondary N) is 1. The summed E-state index contributed by atoms with van der Waals surface area (Å²) in [7, 11) is 1.57. The Morgan fingerprint density at radius 3 is 2.88 bits per heavy atom. The molecular formula is C17H20N4O4S. The van der Waals surface area contributed by atoms with Gasteiger partial charge in [-0.25, -0.2) is 4.98 Å². The monoisotopic (exact) mass is 376 g/mol. The molecule has 1 amide bonds. The van der Waals surface area contributed by atoms with Crippen molar-refractivity contribution in [3.63, 3.8) is 0 Å². The molecule has 0 radical (unpaired) electrons. The van der Waals surface area contributed by atoms with Gasteiger partial charge in [0.1, 0.15) is 11.6 Å². The van der Waals surface area contributed by atoms with Gasteiger partial charge >= 0.3 is 5.97 Å². The van der Waals surface area contributed by atoms with E-state index in [0.29, 0.717) is 23.3 Å². The summed E-state index contributed by atoms with van der Waals surface area (Å²) < 4.78 is 5.23. The Labute approximate surface area is 154 Å². The van der Waals surface area contributed by atoms with E-state index in [1.54, 1.807) is 18.9 Å². The van der Waals surface area contributed by atoms with Gasteiger partial charge in [-0.05, 0) is 24.6 Å². The molecule has 0 unspecified atom stereocenters. The summed E-state index contributed by atoms with van der Waals surface area (Å²) in [5.74, 6) is -0.380. The molecule has 3 rings (SSSR count). The summed E-state index contributed by atoms with van der Waals surface area (Å²) in [6.07, 6.45) is 0. The lowest BCUT2D eigenvalue weighted by Crippen LogP contribution is -2.31. The van der Waals surface area contributed by atoms with Crippen LogP contribution < -0.4 is 4.74 Å². The standard InChI is InChI=1S/C17H20N4O4S/c1-10-18-17(20-19-10)26-9-15(22)21-7-13(14(8-21)16(23)24)11-4-3-5-12(6-11)25-2/h3-6,13-14H,7-9H2,1-2H3,(H,23,24)(H,18,19,20)/t13-,14+/m0/s1. The Hall–Kier alpha value is -2.55. The molecule has 1 aromatic carbocycles. The lowest BCUT2D eigenvalue weighted by atomic mass is 9.89. The zero-order valence-corrected chi connectivity index (χ0v) is 15.3. The molecule has 2 aromatic rings. The fraction of sp³-hybridized carbons (Fsp3) is 0.412. The number of carboxylic acids is 1. The Kier molecular flexibility index (Phi) is 5.46. The molecule has 2 heterocycles. The minimum atomic E-state index is -0.898. The molecule has 1 fully saturated rings. The quantitative estimate of drug-likeness (QED) is 0.736. The zero-order valence-electron chi connectivity index (χ0n) is 14.5. The third-order valence-corrected chi connectivity index (χ3v) is 5.25. The Bertz CT molecular complexity index is 810. The molecule has 138 valence electrons. The number of amides is 1. The van der Waals surface area contributed by atoms with E-state index < -0.39 is 11.9 Å². The number of carboxylic acid groups (broad SMARTS) is 1. The second kappa shape index (κ2) is 7.77. The van der Waals surface area contributed by atoms with E-state index in [9.17, 15) is 14.7 Å². The minimum Gasteiger partial charge on any atom is -0.497 e. The molecular weight excluding hydrogens is 356 g/mol. The van der Waals surface area contributed by atoms with Gasteiger partial charge in [0, 0.05) is 19.0 Å². The van der Waals surface area contributed by atoms with Crippen LogP contribution in [0.1, 0.15) is 17.3 Å². The number of aromatic amines is 1. The topological polar surface area (TPSA) is 108 Å². The molecule has 2 atom stereocenters. The highest BCUT2D eigenvalue weighted by Gasteiger charge is 2.40. The highest BCUT2D eigenvalue weighted by atomic mass is 32.2. The van der Waals surface area contributed by atoms with E-state index in [1.807, 2.05) is 24.3 Å². The number of carbonyl (C=O) groups excluding carboxylic acids is 1. The number of aromatic nitrogens is 3. The van der Waals surface area contributed by atoms with Crippen LogP contribution in [-0.2, 0) is 9.59 Å². The average Bonchev–Trinajstić information content (AvgIpc) is 3.26. The zero-order chi connectivity index (χ0) is 18.7. The molecule has 1 aromatic heterocycles. The van der Waals surface area contributed by atoms with Crippen LogP contribution in [0.5, 0.6) is 5.75 Å². The van der Waals surface area contributed by atoms with Crippen LogP contribution in [0.2, 0.25) is 0 Å². The van der Waals surface area contributed by atoms with Gasteiger partial charge in [0.05, 0.1) is 18.8 Å². The van der Waals surface area contributed by atoms with Crippen molar-refractivity contribution in [3.8, 4) is 5.75 Å². The number of carbonyl (C=O) groups is 2. The first-order valence-corrected chi connectivity index (χ1v) is 9.13. The van der Waals surface area contributed by atoms with E-state index in [2.05, 4.69) is 15.2 Å². The summed E-state index contributed by atoms with van der Waals surface area (Å²) in [5.41, 5.74) is 0.865. The van der Waals surface area contributed by atoms with Crippen molar-refractivity contribution in [1.82, 2.24) is 20.1 Å². The van der Waals surface area contributed by atoms with Gasteiger partial charge in [-0.2, -0.15) is 0 Å². The molecule has 0 saturated carbocycles. The number of thioether (sulfide) groups is 1. The van der Waals surface area contributed by atoms with Crippen molar-refractivity contribution >= 4 is 23.6 Å². The molecule has 2 N–H and O–H groups in total. The number of hydrogen-bond donors (Lipinski definition) is 2. The van der Waals surface area contributed by atoms with E-state index in [0.717, 1.165) is 5.56 Å². The fourth-order valence-corrected chi connectivity index (χ4v) is 3.82. The maximum Gasteiger partial charge on any atom is 0.308 e. The number of rotatable bonds is 6. The fourth-order valence-electron chi connectivity index (χ4n) is 3.07. The van der Waals surface area contributed by atoms with E-state index in [4.69, 9.17) is 4.74 Å². The van der Waals surface area contributed by atoms with E-state index >= 15 is 0 Å². The Morgan fingerprint density at radius 1 is 1.42 bits per heavy atom. The van der Waals surface area contributed by atoms with E-state index in [1.165, 1.54) is 11.8 Å². The second-order valence-corrected chi connectivity index (χ2v) is 7.06. The van der Waals surface area contributed by atoms with E-state index in [-0.39, 0.29) is 24.1 Å². The predicted molar refractivity (Wildman–Crippen MR) is 95.3 cm³/mol. The number of ether oxygens (including phenoxy) is 1. The van der Waals surface area contributed by atoms with Gasteiger partial charge in [0.25, 0.3) is 0 Å². The number of likely N-dealkylation sites (tertiary alicyclic amines) is 1. The van der Waals surface area contributed by atoms with Crippen LogP contribution in [0.25, 0.3) is 0 Å². The smallest absolute Gasteiger partial charge is 0.308 e. The van der Waals surface area contributed by atoms with Crippen molar-refractivity contribution in [2.24, 2.45) is 5.92 Å². The van der Waals surface area contributed by atoms with Crippen molar-refractivity contribution in [1.29, 1.82) is 0 Å². The van der Waals surface area contributed by atoms with Gasteiger partial charge in [-0.1, -0.05) is 23.9 Å². The third kappa shape index (κ3) is 3.98. The molecule has 1 saturated heterocycles. The number of nitrogens with zero attached hydrogens (tertiary/aromatic N) is 3. The van der Waals surface area contributed by atoms with Gasteiger partial charge < -0.3 is 14.7 Å². The maximum absolute atomic E-state index is 12.5. The lowest BCUT2D eigenvalue weighted by molar-refractivity contribution is -0.141. The van der Waals surface area contributed by atoms with Crippen LogP contribution in [0.3, 0.4) is 0 Å². The number of benzene rings is 1. The first-order chi connectivity index (χ1) is 12.5. The highest BCUT2D eigenvalue weighted by molar-refractivity contribution is 7.99. The summed E-state index contributed by atoms with van der Waals surface area (Å²) in [6, 6.07) is 7.35. The number of aryl methyl sites for hydroxylation is 1. The normalized spacial score (nSPS) is 19.5.